The molecule has 0 radical (unpaired) electrons. The molecule has 0 aliphatic heterocycles. The van der Waals surface area contributed by atoms with E-state index in [1.165, 1.54) is 11.1 Å². The van der Waals surface area contributed by atoms with Crippen molar-refractivity contribution >= 4 is 10.9 Å². The largest absolute Gasteiger partial charge is 0.326 e. The molecule has 0 aliphatic rings. The molecule has 3 heteroatoms. The number of rotatable bonds is 2. The molecule has 0 saturated heterocycles. The zero-order valence-corrected chi connectivity index (χ0v) is 9.35. The molecule has 2 aromatic carbocycles. The van der Waals surface area contributed by atoms with Gasteiger partial charge in [0.15, 0.2) is 0 Å². The Hall–Kier alpha value is -2.13. The number of nitrogens with two attached hydrogens (primary N) is 1. The summed E-state index contributed by atoms with van der Waals surface area (Å²) in [5.74, 6) is 0. The quantitative estimate of drug-likeness (QED) is 0.701. The maximum Gasteiger partial charge on any atom is 0.0656 e. The van der Waals surface area contributed by atoms with Crippen LogP contribution in [0.4, 0.5) is 0 Å². The van der Waals surface area contributed by atoms with Gasteiger partial charge in [-0.05, 0) is 28.8 Å². The van der Waals surface area contributed by atoms with Crippen LogP contribution in [0.5, 0.6) is 0 Å². The third-order valence-electron chi connectivity index (χ3n) is 2.94. The van der Waals surface area contributed by atoms with Gasteiger partial charge >= 0.3 is 0 Å². The van der Waals surface area contributed by atoms with E-state index < -0.39 is 0 Å². The van der Waals surface area contributed by atoms with E-state index >= 15 is 0 Å². The molecular formula is C14H13N3. The van der Waals surface area contributed by atoms with Crippen molar-refractivity contribution in [2.45, 2.75) is 6.54 Å². The minimum atomic E-state index is 0.570. The normalized spacial score (nSPS) is 10.9. The van der Waals surface area contributed by atoms with Gasteiger partial charge < -0.3 is 5.73 Å². The van der Waals surface area contributed by atoms with Crippen molar-refractivity contribution < 1.29 is 0 Å². The summed E-state index contributed by atoms with van der Waals surface area (Å²) < 4.78 is 0. The zero-order valence-electron chi connectivity index (χ0n) is 9.35. The summed E-state index contributed by atoms with van der Waals surface area (Å²) in [7, 11) is 0. The van der Waals surface area contributed by atoms with Gasteiger partial charge in [0.25, 0.3) is 0 Å². The molecule has 0 bridgehead atoms. The SMILES string of the molecule is NCc1cccc(-c2ccc3cn[nH]c3c2)c1. The fraction of sp³-hybridized carbons (Fsp3) is 0.0714. The fourth-order valence-corrected chi connectivity index (χ4v) is 1.99. The third-order valence-corrected chi connectivity index (χ3v) is 2.94. The Kier molecular flexibility index (Phi) is 2.38. The second kappa shape index (κ2) is 4.03. The molecule has 0 aliphatic carbocycles. The molecule has 3 N–H and O–H groups in total. The van der Waals surface area contributed by atoms with Crippen LogP contribution in [0.25, 0.3) is 22.0 Å². The molecular weight excluding hydrogens is 210 g/mol. The minimum Gasteiger partial charge on any atom is -0.326 e. The topological polar surface area (TPSA) is 54.7 Å². The number of aromatic amines is 1. The molecule has 0 atom stereocenters. The predicted molar refractivity (Wildman–Crippen MR) is 69.4 cm³/mol. The van der Waals surface area contributed by atoms with E-state index in [1.54, 1.807) is 0 Å². The number of nitrogens with one attached hydrogen (secondary N) is 1. The molecule has 3 aromatic rings. The first kappa shape index (κ1) is 10.1. The van der Waals surface area contributed by atoms with Crippen molar-refractivity contribution in [1.82, 2.24) is 10.2 Å². The first-order chi connectivity index (χ1) is 8.36. The summed E-state index contributed by atoms with van der Waals surface area (Å²) in [4.78, 5) is 0. The summed E-state index contributed by atoms with van der Waals surface area (Å²) >= 11 is 0. The van der Waals surface area contributed by atoms with E-state index in [9.17, 15) is 0 Å². The van der Waals surface area contributed by atoms with Gasteiger partial charge in [0.1, 0.15) is 0 Å². The second-order valence-corrected chi connectivity index (χ2v) is 4.08. The number of nitrogens with zero attached hydrogens (tertiary/aromatic N) is 1. The number of hydrogen-bond acceptors (Lipinski definition) is 2. The van der Waals surface area contributed by atoms with Crippen molar-refractivity contribution in [3.05, 3.63) is 54.2 Å². The Morgan fingerprint density at radius 2 is 1.94 bits per heavy atom. The third kappa shape index (κ3) is 1.81. The lowest BCUT2D eigenvalue weighted by Crippen LogP contribution is -1.95. The molecule has 1 aromatic heterocycles. The molecule has 17 heavy (non-hydrogen) atoms. The highest BCUT2D eigenvalue weighted by molar-refractivity contribution is 5.83. The average molecular weight is 223 g/mol. The molecule has 3 rings (SSSR count). The second-order valence-electron chi connectivity index (χ2n) is 4.08. The van der Waals surface area contributed by atoms with Gasteiger partial charge in [-0.3, -0.25) is 5.10 Å². The highest BCUT2D eigenvalue weighted by Crippen LogP contribution is 2.23. The number of fused-ring (bicyclic) bond motifs is 1. The molecule has 0 saturated carbocycles. The number of benzene rings is 2. The van der Waals surface area contributed by atoms with Gasteiger partial charge in [-0.1, -0.05) is 30.3 Å². The Morgan fingerprint density at radius 1 is 1.06 bits per heavy atom. The van der Waals surface area contributed by atoms with Crippen LogP contribution in [0, 0.1) is 0 Å². The van der Waals surface area contributed by atoms with Crippen LogP contribution in [0.15, 0.2) is 48.7 Å². The zero-order chi connectivity index (χ0) is 11.7. The molecule has 0 amide bonds. The van der Waals surface area contributed by atoms with Crippen molar-refractivity contribution in [2.75, 3.05) is 0 Å². The van der Waals surface area contributed by atoms with Crippen molar-refractivity contribution in [1.29, 1.82) is 0 Å². The summed E-state index contributed by atoms with van der Waals surface area (Å²) in [5.41, 5.74) is 10.2. The van der Waals surface area contributed by atoms with E-state index in [-0.39, 0.29) is 0 Å². The van der Waals surface area contributed by atoms with Crippen molar-refractivity contribution in [3.8, 4) is 11.1 Å². The van der Waals surface area contributed by atoms with Crippen molar-refractivity contribution in [3.63, 3.8) is 0 Å². The monoisotopic (exact) mass is 223 g/mol. The van der Waals surface area contributed by atoms with Gasteiger partial charge in [0.2, 0.25) is 0 Å². The van der Waals surface area contributed by atoms with Gasteiger partial charge in [0, 0.05) is 11.9 Å². The van der Waals surface area contributed by atoms with Gasteiger partial charge in [0.05, 0.1) is 11.7 Å². The van der Waals surface area contributed by atoms with E-state index in [1.807, 2.05) is 18.3 Å². The van der Waals surface area contributed by atoms with Gasteiger partial charge in [-0.2, -0.15) is 5.10 Å². The average Bonchev–Trinajstić information content (AvgIpc) is 2.86. The standard InChI is InChI=1S/C14H13N3/c15-8-10-2-1-3-11(6-10)12-4-5-13-9-16-17-14(13)7-12/h1-7,9H,8,15H2,(H,16,17). The molecule has 1 heterocycles. The summed E-state index contributed by atoms with van der Waals surface area (Å²) in [5, 5.41) is 8.14. The van der Waals surface area contributed by atoms with Crippen LogP contribution in [0.1, 0.15) is 5.56 Å². The van der Waals surface area contributed by atoms with Crippen LogP contribution in [0.3, 0.4) is 0 Å². The van der Waals surface area contributed by atoms with Crippen LogP contribution in [-0.2, 0) is 6.54 Å². The first-order valence-corrected chi connectivity index (χ1v) is 5.59. The maximum atomic E-state index is 5.65. The number of hydrogen-bond donors (Lipinski definition) is 2. The molecule has 0 fully saturated rings. The number of aromatic nitrogens is 2. The highest BCUT2D eigenvalue weighted by atomic mass is 15.1. The van der Waals surface area contributed by atoms with Crippen LogP contribution >= 0.6 is 0 Å². The summed E-state index contributed by atoms with van der Waals surface area (Å²) in [6.45, 7) is 0.570. The molecule has 84 valence electrons. The van der Waals surface area contributed by atoms with Crippen LogP contribution in [-0.4, -0.2) is 10.2 Å². The Labute approximate surface area is 99.3 Å². The van der Waals surface area contributed by atoms with Gasteiger partial charge in [-0.25, -0.2) is 0 Å². The molecule has 0 spiro atoms. The van der Waals surface area contributed by atoms with E-state index in [0.717, 1.165) is 16.5 Å². The van der Waals surface area contributed by atoms with E-state index in [2.05, 4.69) is 40.5 Å². The lowest BCUT2D eigenvalue weighted by atomic mass is 10.0. The Morgan fingerprint density at radius 3 is 2.82 bits per heavy atom. The first-order valence-electron chi connectivity index (χ1n) is 5.59. The smallest absolute Gasteiger partial charge is 0.0656 e. The van der Waals surface area contributed by atoms with Crippen LogP contribution < -0.4 is 5.73 Å². The van der Waals surface area contributed by atoms with E-state index in [4.69, 9.17) is 5.73 Å². The molecule has 0 unspecified atom stereocenters. The Balaban J connectivity index is 2.12. The number of H-pyrrole nitrogens is 1. The van der Waals surface area contributed by atoms with Crippen molar-refractivity contribution in [2.24, 2.45) is 5.73 Å². The van der Waals surface area contributed by atoms with E-state index in [0.29, 0.717) is 6.54 Å². The fourth-order valence-electron chi connectivity index (χ4n) is 1.99. The minimum absolute atomic E-state index is 0.570. The predicted octanol–water partition coefficient (Wildman–Crippen LogP) is 2.69. The van der Waals surface area contributed by atoms with Crippen LogP contribution in [0.2, 0.25) is 0 Å². The van der Waals surface area contributed by atoms with Gasteiger partial charge in [-0.15, -0.1) is 0 Å². The highest BCUT2D eigenvalue weighted by Gasteiger charge is 2.01. The molecule has 3 nitrogen and oxygen atoms in total. The Bertz CT molecular complexity index is 655. The maximum absolute atomic E-state index is 5.65. The summed E-state index contributed by atoms with van der Waals surface area (Å²) in [6.07, 6.45) is 1.83. The lowest BCUT2D eigenvalue weighted by Gasteiger charge is -2.04. The summed E-state index contributed by atoms with van der Waals surface area (Å²) in [6, 6.07) is 14.6. The lowest BCUT2D eigenvalue weighted by molar-refractivity contribution is 1.07.